The lowest BCUT2D eigenvalue weighted by Gasteiger charge is -2.12. The van der Waals surface area contributed by atoms with Crippen LogP contribution in [0.4, 0.5) is 18.9 Å². The highest BCUT2D eigenvalue weighted by Crippen LogP contribution is 2.34. The number of hydrogen-bond acceptors (Lipinski definition) is 3. The molecule has 20 heavy (non-hydrogen) atoms. The van der Waals surface area contributed by atoms with Crippen molar-refractivity contribution in [2.45, 2.75) is 24.3 Å². The van der Waals surface area contributed by atoms with Gasteiger partial charge in [-0.25, -0.2) is 13.2 Å². The zero-order valence-electron chi connectivity index (χ0n) is 9.94. The first-order valence-corrected chi connectivity index (χ1v) is 7.11. The first-order chi connectivity index (χ1) is 9.09. The maximum Gasteiger partial charge on any atom is 0.416 e. The molecule has 9 heteroatoms. The van der Waals surface area contributed by atoms with Crippen molar-refractivity contribution < 1.29 is 31.5 Å². The third-order valence-corrected chi connectivity index (χ3v) is 4.60. The second-order valence-electron chi connectivity index (χ2n) is 4.45. The van der Waals surface area contributed by atoms with E-state index in [0.717, 1.165) is 6.07 Å². The second kappa shape index (κ2) is 4.65. The summed E-state index contributed by atoms with van der Waals surface area (Å²) in [5, 5.41) is 8.15. The van der Waals surface area contributed by atoms with E-state index < -0.39 is 44.2 Å². The van der Waals surface area contributed by atoms with Crippen LogP contribution in [0.2, 0.25) is 0 Å². The molecular formula is C11H10F3NO4S. The van der Waals surface area contributed by atoms with Crippen LogP contribution in [0.25, 0.3) is 0 Å². The Morgan fingerprint density at radius 3 is 2.30 bits per heavy atom. The summed E-state index contributed by atoms with van der Waals surface area (Å²) in [6.07, 6.45) is -3.87. The predicted molar refractivity (Wildman–Crippen MR) is 64.0 cm³/mol. The lowest BCUT2D eigenvalue weighted by Crippen LogP contribution is -2.18. The summed E-state index contributed by atoms with van der Waals surface area (Å²) in [6, 6.07) is 1.89. The van der Waals surface area contributed by atoms with Gasteiger partial charge in [0, 0.05) is 5.69 Å². The molecule has 0 aliphatic heterocycles. The Hall–Kier alpha value is -1.77. The highest BCUT2D eigenvalue weighted by molar-refractivity contribution is 7.93. The Morgan fingerprint density at radius 2 is 1.85 bits per heavy atom. The van der Waals surface area contributed by atoms with Crippen LogP contribution in [-0.2, 0) is 16.2 Å². The zero-order chi connectivity index (χ0) is 15.1. The number of hydrogen-bond donors (Lipinski definition) is 2. The Morgan fingerprint density at radius 1 is 1.25 bits per heavy atom. The minimum absolute atomic E-state index is 0.399. The minimum Gasteiger partial charge on any atom is -0.478 e. The number of aromatic carboxylic acids is 1. The largest absolute Gasteiger partial charge is 0.478 e. The minimum atomic E-state index is -4.76. The molecule has 0 spiro atoms. The molecule has 0 amide bonds. The average Bonchev–Trinajstić information content (AvgIpc) is 3.10. The van der Waals surface area contributed by atoms with E-state index in [1.54, 1.807) is 0 Å². The van der Waals surface area contributed by atoms with Crippen molar-refractivity contribution in [3.05, 3.63) is 29.3 Å². The third kappa shape index (κ3) is 3.21. The Balaban J connectivity index is 2.42. The summed E-state index contributed by atoms with van der Waals surface area (Å²) in [7, 11) is -3.76. The Labute approximate surface area is 112 Å². The second-order valence-corrected chi connectivity index (χ2v) is 6.41. The fourth-order valence-corrected chi connectivity index (χ4v) is 2.97. The van der Waals surface area contributed by atoms with Crippen LogP contribution < -0.4 is 4.72 Å². The van der Waals surface area contributed by atoms with Crippen molar-refractivity contribution >= 4 is 21.7 Å². The molecule has 1 saturated carbocycles. The van der Waals surface area contributed by atoms with Crippen LogP contribution in [0.5, 0.6) is 0 Å². The highest BCUT2D eigenvalue weighted by atomic mass is 32.2. The van der Waals surface area contributed by atoms with E-state index in [0.29, 0.717) is 25.0 Å². The molecule has 0 atom stereocenters. The van der Waals surface area contributed by atoms with Crippen molar-refractivity contribution in [1.82, 2.24) is 0 Å². The summed E-state index contributed by atoms with van der Waals surface area (Å²) in [6.45, 7) is 0. The number of carboxylic acid groups (broad SMARTS) is 1. The lowest BCUT2D eigenvalue weighted by molar-refractivity contribution is -0.137. The number of rotatable bonds is 4. The Bertz CT molecular complexity index is 650. The first-order valence-electron chi connectivity index (χ1n) is 5.57. The molecule has 0 bridgehead atoms. The van der Waals surface area contributed by atoms with E-state index in [2.05, 4.69) is 0 Å². The van der Waals surface area contributed by atoms with Crippen LogP contribution in [0.3, 0.4) is 0 Å². The quantitative estimate of drug-likeness (QED) is 0.894. The number of sulfonamides is 1. The molecule has 0 heterocycles. The predicted octanol–water partition coefficient (Wildman–Crippen LogP) is 2.31. The standard InChI is InChI=1S/C11H10F3NO4S/c12-11(13,14)7-3-6(10(16)17)4-8(5-7)15-20(18,19)9-1-2-9/h3-5,9,15H,1-2H2,(H,16,17). The molecule has 1 aliphatic carbocycles. The molecular weight excluding hydrogens is 299 g/mol. The van der Waals surface area contributed by atoms with E-state index in [-0.39, 0.29) is 0 Å². The van der Waals surface area contributed by atoms with Crippen molar-refractivity contribution in [2.24, 2.45) is 0 Å². The Kier molecular flexibility index (Phi) is 3.41. The molecule has 0 radical (unpaired) electrons. The molecule has 2 N–H and O–H groups in total. The van der Waals surface area contributed by atoms with Gasteiger partial charge >= 0.3 is 12.1 Å². The van der Waals surface area contributed by atoms with Gasteiger partial charge in [0.1, 0.15) is 0 Å². The molecule has 2 rings (SSSR count). The molecule has 0 unspecified atom stereocenters. The van der Waals surface area contributed by atoms with Gasteiger partial charge in [-0.15, -0.1) is 0 Å². The van der Waals surface area contributed by atoms with Crippen molar-refractivity contribution in [1.29, 1.82) is 0 Å². The molecule has 1 aliphatic rings. The number of halogens is 3. The van der Waals surface area contributed by atoms with Gasteiger partial charge in [-0.05, 0) is 31.0 Å². The van der Waals surface area contributed by atoms with Crippen LogP contribution >= 0.6 is 0 Å². The van der Waals surface area contributed by atoms with Crippen molar-refractivity contribution in [3.8, 4) is 0 Å². The smallest absolute Gasteiger partial charge is 0.416 e. The average molecular weight is 309 g/mol. The van der Waals surface area contributed by atoms with Crippen LogP contribution in [0.15, 0.2) is 18.2 Å². The number of nitrogens with one attached hydrogen (secondary N) is 1. The molecule has 0 aromatic heterocycles. The maximum atomic E-state index is 12.6. The third-order valence-electron chi connectivity index (χ3n) is 2.73. The molecule has 1 aromatic carbocycles. The van der Waals surface area contributed by atoms with Gasteiger partial charge in [0.15, 0.2) is 0 Å². The van der Waals surface area contributed by atoms with Crippen LogP contribution in [0.1, 0.15) is 28.8 Å². The van der Waals surface area contributed by atoms with Crippen LogP contribution in [-0.4, -0.2) is 24.7 Å². The van der Waals surface area contributed by atoms with Gasteiger partial charge < -0.3 is 5.11 Å². The summed E-state index contributed by atoms with van der Waals surface area (Å²) in [5.41, 5.74) is -2.25. The summed E-state index contributed by atoms with van der Waals surface area (Å²) in [4.78, 5) is 10.8. The van der Waals surface area contributed by atoms with Crippen LogP contribution in [0, 0.1) is 0 Å². The van der Waals surface area contributed by atoms with Crippen molar-refractivity contribution in [2.75, 3.05) is 4.72 Å². The highest BCUT2D eigenvalue weighted by Gasteiger charge is 2.37. The fraction of sp³-hybridized carbons (Fsp3) is 0.364. The number of carboxylic acids is 1. The van der Waals surface area contributed by atoms with Gasteiger partial charge in [-0.1, -0.05) is 0 Å². The van der Waals surface area contributed by atoms with E-state index >= 15 is 0 Å². The monoisotopic (exact) mass is 309 g/mol. The topological polar surface area (TPSA) is 83.5 Å². The zero-order valence-corrected chi connectivity index (χ0v) is 10.8. The number of benzene rings is 1. The van der Waals surface area contributed by atoms with Gasteiger partial charge in [-0.2, -0.15) is 13.2 Å². The SMILES string of the molecule is O=C(O)c1cc(NS(=O)(=O)C2CC2)cc(C(F)(F)F)c1. The molecule has 5 nitrogen and oxygen atoms in total. The summed E-state index contributed by atoms with van der Waals surface area (Å²) < 4.78 is 63.3. The van der Waals surface area contributed by atoms with Gasteiger partial charge in [0.25, 0.3) is 0 Å². The fourth-order valence-electron chi connectivity index (χ4n) is 1.60. The molecule has 0 saturated heterocycles. The molecule has 1 aromatic rings. The maximum absolute atomic E-state index is 12.6. The van der Waals surface area contributed by atoms with E-state index in [4.69, 9.17) is 5.11 Å². The van der Waals surface area contributed by atoms with Gasteiger partial charge in [0.05, 0.1) is 16.4 Å². The lowest BCUT2D eigenvalue weighted by atomic mass is 10.1. The number of carbonyl (C=O) groups is 1. The van der Waals surface area contributed by atoms with E-state index in [1.807, 2.05) is 4.72 Å². The van der Waals surface area contributed by atoms with E-state index in [9.17, 15) is 26.4 Å². The first kappa shape index (κ1) is 14.6. The van der Waals surface area contributed by atoms with E-state index in [1.165, 1.54) is 0 Å². The summed E-state index contributed by atoms with van der Waals surface area (Å²) in [5.74, 6) is -1.57. The van der Waals surface area contributed by atoms with Gasteiger partial charge in [0.2, 0.25) is 10.0 Å². The number of alkyl halides is 3. The van der Waals surface area contributed by atoms with Gasteiger partial charge in [-0.3, -0.25) is 4.72 Å². The molecule has 1 fully saturated rings. The van der Waals surface area contributed by atoms with Crippen molar-refractivity contribution in [3.63, 3.8) is 0 Å². The number of anilines is 1. The summed E-state index contributed by atoms with van der Waals surface area (Å²) >= 11 is 0. The normalized spacial score (nSPS) is 15.9. The molecule has 110 valence electrons.